The maximum atomic E-state index is 12.9. The van der Waals surface area contributed by atoms with Gasteiger partial charge in [0, 0.05) is 0 Å². The van der Waals surface area contributed by atoms with Crippen LogP contribution in [0.15, 0.2) is 78.9 Å². The molecule has 0 atom stereocenters. The normalized spacial score (nSPS) is 10.2. The fraction of sp³-hybridized carbons (Fsp3) is 0. The van der Waals surface area contributed by atoms with Crippen molar-refractivity contribution in [2.75, 3.05) is 0 Å². The molecule has 0 saturated carbocycles. The van der Waals surface area contributed by atoms with Gasteiger partial charge in [0.25, 0.3) is 0 Å². The molecule has 0 bridgehead atoms. The van der Waals surface area contributed by atoms with Crippen molar-refractivity contribution >= 4 is 0 Å². The molecule has 20 heavy (non-hydrogen) atoms. The zero-order valence-corrected chi connectivity index (χ0v) is 10.8. The quantitative estimate of drug-likeness (QED) is 0.625. The smallest absolute Gasteiger partial charge is 0.128 e. The highest BCUT2D eigenvalue weighted by Gasteiger charge is 2.01. The lowest BCUT2D eigenvalue weighted by Gasteiger charge is -2.07. The van der Waals surface area contributed by atoms with E-state index in [-0.39, 0.29) is 5.82 Å². The predicted octanol–water partition coefficient (Wildman–Crippen LogP) is 5.29. The molecular weight excluding hydrogens is 251 g/mol. The third-order valence-corrected chi connectivity index (χ3v) is 2.99. The van der Waals surface area contributed by atoms with E-state index in [0.29, 0.717) is 0 Å². The summed E-state index contributed by atoms with van der Waals surface area (Å²) in [6.45, 7) is 0. The zero-order valence-electron chi connectivity index (χ0n) is 10.8. The van der Waals surface area contributed by atoms with Crippen molar-refractivity contribution in [1.82, 2.24) is 0 Å². The second kappa shape index (κ2) is 5.57. The van der Waals surface area contributed by atoms with E-state index in [1.807, 2.05) is 54.6 Å². The second-order valence-electron chi connectivity index (χ2n) is 4.45. The first-order valence-electron chi connectivity index (χ1n) is 6.40. The molecule has 1 nitrogen and oxygen atoms in total. The molecule has 3 rings (SSSR count). The van der Waals surface area contributed by atoms with E-state index < -0.39 is 0 Å². The number of halogens is 1. The summed E-state index contributed by atoms with van der Waals surface area (Å²) in [5.41, 5.74) is 1.96. The highest BCUT2D eigenvalue weighted by Crippen LogP contribution is 2.27. The summed E-state index contributed by atoms with van der Waals surface area (Å²) in [4.78, 5) is 0. The van der Waals surface area contributed by atoms with Gasteiger partial charge in [0.2, 0.25) is 0 Å². The van der Waals surface area contributed by atoms with Crippen LogP contribution < -0.4 is 4.74 Å². The van der Waals surface area contributed by atoms with Crippen molar-refractivity contribution in [2.45, 2.75) is 0 Å². The molecule has 0 amide bonds. The summed E-state index contributed by atoms with van der Waals surface area (Å²) >= 11 is 0. The van der Waals surface area contributed by atoms with Crippen LogP contribution in [0.2, 0.25) is 0 Å². The topological polar surface area (TPSA) is 9.23 Å². The van der Waals surface area contributed by atoms with Crippen molar-refractivity contribution in [3.8, 4) is 22.6 Å². The Labute approximate surface area is 117 Å². The van der Waals surface area contributed by atoms with Crippen LogP contribution in [0.1, 0.15) is 0 Å². The molecule has 0 aliphatic heterocycles. The van der Waals surface area contributed by atoms with Gasteiger partial charge in [-0.3, -0.25) is 0 Å². The van der Waals surface area contributed by atoms with Gasteiger partial charge in [-0.05, 0) is 47.5 Å². The highest BCUT2D eigenvalue weighted by molar-refractivity contribution is 5.65. The van der Waals surface area contributed by atoms with E-state index >= 15 is 0 Å². The van der Waals surface area contributed by atoms with Gasteiger partial charge in [0.1, 0.15) is 17.3 Å². The van der Waals surface area contributed by atoms with Crippen LogP contribution >= 0.6 is 0 Å². The van der Waals surface area contributed by atoms with Gasteiger partial charge >= 0.3 is 0 Å². The number of benzene rings is 3. The monoisotopic (exact) mass is 264 g/mol. The van der Waals surface area contributed by atoms with Gasteiger partial charge in [-0.1, -0.05) is 42.5 Å². The fourth-order valence-electron chi connectivity index (χ4n) is 2.01. The van der Waals surface area contributed by atoms with Crippen molar-refractivity contribution in [2.24, 2.45) is 0 Å². The SMILES string of the molecule is Fc1ccc(-c2cccc(Oc3ccccc3)c2)cc1. The average Bonchev–Trinajstić information content (AvgIpc) is 2.49. The van der Waals surface area contributed by atoms with Gasteiger partial charge in [0.05, 0.1) is 0 Å². The lowest BCUT2D eigenvalue weighted by atomic mass is 10.1. The molecule has 0 heterocycles. The first-order chi connectivity index (χ1) is 9.81. The fourth-order valence-corrected chi connectivity index (χ4v) is 2.01. The summed E-state index contributed by atoms with van der Waals surface area (Å²) in [6.07, 6.45) is 0. The van der Waals surface area contributed by atoms with Crippen molar-refractivity contribution in [1.29, 1.82) is 0 Å². The minimum absolute atomic E-state index is 0.231. The molecule has 0 fully saturated rings. The number of hydrogen-bond donors (Lipinski definition) is 0. The molecule has 0 aromatic heterocycles. The first kappa shape index (κ1) is 12.4. The van der Waals surface area contributed by atoms with E-state index in [9.17, 15) is 4.39 Å². The lowest BCUT2D eigenvalue weighted by Crippen LogP contribution is -1.85. The molecule has 3 aromatic rings. The van der Waals surface area contributed by atoms with E-state index in [4.69, 9.17) is 4.74 Å². The molecule has 0 radical (unpaired) electrons. The highest BCUT2D eigenvalue weighted by atomic mass is 19.1. The Morgan fingerprint density at radius 1 is 0.600 bits per heavy atom. The molecule has 0 spiro atoms. The summed E-state index contributed by atoms with van der Waals surface area (Å²) in [5, 5.41) is 0. The minimum Gasteiger partial charge on any atom is -0.457 e. The summed E-state index contributed by atoms with van der Waals surface area (Å²) in [7, 11) is 0. The molecule has 3 aromatic carbocycles. The van der Waals surface area contributed by atoms with Crippen molar-refractivity contribution < 1.29 is 9.13 Å². The Morgan fingerprint density at radius 3 is 2.05 bits per heavy atom. The van der Waals surface area contributed by atoms with E-state index in [2.05, 4.69) is 0 Å². The summed E-state index contributed by atoms with van der Waals surface area (Å²) < 4.78 is 18.7. The predicted molar refractivity (Wildman–Crippen MR) is 78.4 cm³/mol. The van der Waals surface area contributed by atoms with Crippen LogP contribution in [0.4, 0.5) is 4.39 Å². The molecule has 0 aliphatic rings. The number of ether oxygens (including phenoxy) is 1. The second-order valence-corrected chi connectivity index (χ2v) is 4.45. The van der Waals surface area contributed by atoms with Gasteiger partial charge in [-0.2, -0.15) is 0 Å². The van der Waals surface area contributed by atoms with Gasteiger partial charge < -0.3 is 4.74 Å². The van der Waals surface area contributed by atoms with Gasteiger partial charge in [-0.25, -0.2) is 4.39 Å². The van der Waals surface area contributed by atoms with Crippen molar-refractivity contribution in [3.05, 3.63) is 84.7 Å². The molecule has 2 heteroatoms. The van der Waals surface area contributed by atoms with E-state index in [0.717, 1.165) is 22.6 Å². The molecular formula is C18H13FO. The molecule has 0 aliphatic carbocycles. The minimum atomic E-state index is -0.231. The third-order valence-electron chi connectivity index (χ3n) is 2.99. The van der Waals surface area contributed by atoms with E-state index in [1.54, 1.807) is 12.1 Å². The Bertz CT molecular complexity index is 690. The summed E-state index contributed by atoms with van der Waals surface area (Å²) in [5.74, 6) is 1.33. The molecule has 0 saturated heterocycles. The molecule has 98 valence electrons. The largest absolute Gasteiger partial charge is 0.457 e. The Morgan fingerprint density at radius 2 is 1.30 bits per heavy atom. The first-order valence-corrected chi connectivity index (χ1v) is 6.40. The van der Waals surface area contributed by atoms with Crippen LogP contribution in [0.5, 0.6) is 11.5 Å². The Kier molecular flexibility index (Phi) is 3.46. The summed E-state index contributed by atoms with van der Waals surface area (Å²) in [6, 6.07) is 23.8. The standard InChI is InChI=1S/C18H13FO/c19-16-11-9-14(10-12-16)15-5-4-8-18(13-15)20-17-6-2-1-3-7-17/h1-13H. The molecule has 0 N–H and O–H groups in total. The van der Waals surface area contributed by atoms with Gasteiger partial charge in [-0.15, -0.1) is 0 Å². The third kappa shape index (κ3) is 2.86. The van der Waals surface area contributed by atoms with Crippen LogP contribution in [0.25, 0.3) is 11.1 Å². The maximum absolute atomic E-state index is 12.9. The zero-order chi connectivity index (χ0) is 13.8. The van der Waals surface area contributed by atoms with Crippen LogP contribution in [-0.4, -0.2) is 0 Å². The van der Waals surface area contributed by atoms with Crippen LogP contribution in [0, 0.1) is 5.82 Å². The number of hydrogen-bond acceptors (Lipinski definition) is 1. The number of rotatable bonds is 3. The van der Waals surface area contributed by atoms with E-state index in [1.165, 1.54) is 12.1 Å². The lowest BCUT2D eigenvalue weighted by molar-refractivity contribution is 0.483. The Hall–Kier alpha value is -2.61. The molecule has 0 unspecified atom stereocenters. The Balaban J connectivity index is 1.88. The average molecular weight is 264 g/mol. The van der Waals surface area contributed by atoms with Crippen LogP contribution in [0.3, 0.4) is 0 Å². The van der Waals surface area contributed by atoms with Crippen LogP contribution in [-0.2, 0) is 0 Å². The number of para-hydroxylation sites is 1. The van der Waals surface area contributed by atoms with Crippen molar-refractivity contribution in [3.63, 3.8) is 0 Å². The maximum Gasteiger partial charge on any atom is 0.128 e. The van der Waals surface area contributed by atoms with Gasteiger partial charge in [0.15, 0.2) is 0 Å².